The van der Waals surface area contributed by atoms with Crippen LogP contribution >= 0.6 is 0 Å². The summed E-state index contributed by atoms with van der Waals surface area (Å²) in [7, 11) is -3.31. The van der Waals surface area contributed by atoms with Crippen LogP contribution in [0.4, 0.5) is 11.6 Å². The lowest BCUT2D eigenvalue weighted by atomic mass is 10.1. The second kappa shape index (κ2) is 9.13. The van der Waals surface area contributed by atoms with Crippen molar-refractivity contribution < 1.29 is 8.42 Å². The van der Waals surface area contributed by atoms with E-state index >= 15 is 0 Å². The quantitative estimate of drug-likeness (QED) is 0.401. The molecule has 1 aliphatic heterocycles. The maximum Gasteiger partial charge on any atom is 0.227 e. The zero-order valence-corrected chi connectivity index (χ0v) is 18.7. The Bertz CT molecular complexity index is 1370. The van der Waals surface area contributed by atoms with E-state index < -0.39 is 9.84 Å². The second-order valence-electron chi connectivity index (χ2n) is 8.00. The van der Waals surface area contributed by atoms with Crippen LogP contribution in [0.15, 0.2) is 66.0 Å². The Labute approximate surface area is 192 Å². The van der Waals surface area contributed by atoms with Gasteiger partial charge in [0, 0.05) is 29.0 Å². The highest BCUT2D eigenvalue weighted by molar-refractivity contribution is 7.92. The molecule has 3 heterocycles. The zero-order valence-electron chi connectivity index (χ0n) is 17.9. The van der Waals surface area contributed by atoms with E-state index in [-0.39, 0.29) is 5.25 Å². The third-order valence-electron chi connectivity index (χ3n) is 5.81. The van der Waals surface area contributed by atoms with Crippen LogP contribution in [0, 0.1) is 0 Å². The number of hydrogen-bond acceptors (Lipinski definition) is 7. The van der Waals surface area contributed by atoms with Gasteiger partial charge in [-0.1, -0.05) is 24.3 Å². The zero-order chi connectivity index (χ0) is 22.7. The minimum atomic E-state index is -3.31. The summed E-state index contributed by atoms with van der Waals surface area (Å²) in [6, 6.07) is 12.8. The number of rotatable bonds is 6. The van der Waals surface area contributed by atoms with E-state index in [2.05, 4.69) is 30.8 Å². The van der Waals surface area contributed by atoms with Crippen molar-refractivity contribution in [3.05, 3.63) is 72.2 Å². The molecule has 9 heteroatoms. The second-order valence-corrected chi connectivity index (χ2v) is 10.2. The van der Waals surface area contributed by atoms with E-state index in [1.807, 2.05) is 30.4 Å². The summed E-state index contributed by atoms with van der Waals surface area (Å²) in [5, 5.41) is 14.1. The monoisotopic (exact) mass is 460 g/mol. The van der Waals surface area contributed by atoms with Gasteiger partial charge in [-0.15, -0.1) is 0 Å². The summed E-state index contributed by atoms with van der Waals surface area (Å²) < 4.78 is 25.7. The number of fused-ring (bicyclic) bond motifs is 1. The standard InChI is InChI=1S/C24H24N6O2S/c31-33(32,21-10-12-25-13-11-21)20-8-6-19(7-9-20)29-24-26-14-17(15-27-24)4-5-18-2-1-3-23-22(18)16-28-30-23/h1-9,14-16,21,25H,10-13H2,(H,28,30)(H,26,27,29). The molecule has 0 radical (unpaired) electrons. The number of sulfone groups is 1. The van der Waals surface area contributed by atoms with Crippen molar-refractivity contribution in [2.24, 2.45) is 0 Å². The molecule has 0 amide bonds. The SMILES string of the molecule is O=S(=O)(c1ccc(Nc2ncc(C=Cc3cccc4[nH]ncc34)cn2)cc1)C1CCNCC1. The van der Waals surface area contributed by atoms with Crippen LogP contribution in [-0.2, 0) is 9.84 Å². The Kier molecular flexibility index (Phi) is 5.89. The van der Waals surface area contributed by atoms with Gasteiger partial charge in [0.1, 0.15) is 0 Å². The van der Waals surface area contributed by atoms with Crippen molar-refractivity contribution >= 4 is 44.5 Å². The highest BCUT2D eigenvalue weighted by atomic mass is 32.2. The highest BCUT2D eigenvalue weighted by Gasteiger charge is 2.28. The molecule has 4 aromatic rings. The van der Waals surface area contributed by atoms with Crippen molar-refractivity contribution in [1.29, 1.82) is 0 Å². The van der Waals surface area contributed by atoms with E-state index in [1.54, 1.807) is 42.9 Å². The fraction of sp³-hybridized carbons (Fsp3) is 0.208. The molecular formula is C24H24N6O2S. The first-order valence-corrected chi connectivity index (χ1v) is 12.4. The van der Waals surface area contributed by atoms with Crippen molar-refractivity contribution in [3.63, 3.8) is 0 Å². The maximum absolute atomic E-state index is 12.8. The first-order valence-electron chi connectivity index (χ1n) is 10.8. The number of hydrogen-bond donors (Lipinski definition) is 3. The van der Waals surface area contributed by atoms with Crippen molar-refractivity contribution in [2.45, 2.75) is 23.0 Å². The number of nitrogens with zero attached hydrogens (tertiary/aromatic N) is 3. The number of H-pyrrole nitrogens is 1. The number of nitrogens with one attached hydrogen (secondary N) is 3. The molecule has 0 aliphatic carbocycles. The summed E-state index contributed by atoms with van der Waals surface area (Å²) in [5.74, 6) is 0.443. The molecule has 8 nitrogen and oxygen atoms in total. The lowest BCUT2D eigenvalue weighted by Gasteiger charge is -2.22. The van der Waals surface area contributed by atoms with Gasteiger partial charge < -0.3 is 10.6 Å². The molecule has 168 valence electrons. The number of piperidine rings is 1. The van der Waals surface area contributed by atoms with Gasteiger partial charge in [0.15, 0.2) is 9.84 Å². The van der Waals surface area contributed by atoms with Crippen LogP contribution in [0.25, 0.3) is 23.1 Å². The average molecular weight is 461 g/mol. The van der Waals surface area contributed by atoms with Crippen LogP contribution < -0.4 is 10.6 Å². The maximum atomic E-state index is 12.8. The molecule has 0 atom stereocenters. The van der Waals surface area contributed by atoms with Gasteiger partial charge in [0.2, 0.25) is 5.95 Å². The molecule has 1 saturated heterocycles. The van der Waals surface area contributed by atoms with Crippen LogP contribution in [0.1, 0.15) is 24.0 Å². The van der Waals surface area contributed by atoms with Gasteiger partial charge >= 0.3 is 0 Å². The number of aromatic amines is 1. The van der Waals surface area contributed by atoms with Crippen LogP contribution in [-0.4, -0.2) is 46.9 Å². The largest absolute Gasteiger partial charge is 0.324 e. The number of anilines is 2. The molecule has 1 fully saturated rings. The number of benzene rings is 2. The molecule has 5 rings (SSSR count). The molecule has 1 aliphatic rings. The summed E-state index contributed by atoms with van der Waals surface area (Å²) in [5.41, 5.74) is 3.64. The Morgan fingerprint density at radius 1 is 0.939 bits per heavy atom. The summed E-state index contributed by atoms with van der Waals surface area (Å²) in [4.78, 5) is 9.09. The van der Waals surface area contributed by atoms with Crippen molar-refractivity contribution in [2.75, 3.05) is 18.4 Å². The fourth-order valence-corrected chi connectivity index (χ4v) is 5.72. The molecule has 0 unspecified atom stereocenters. The van der Waals surface area contributed by atoms with E-state index in [4.69, 9.17) is 0 Å². The van der Waals surface area contributed by atoms with Gasteiger partial charge in [0.05, 0.1) is 21.9 Å². The molecule has 3 N–H and O–H groups in total. The van der Waals surface area contributed by atoms with E-state index in [0.717, 1.165) is 40.8 Å². The van der Waals surface area contributed by atoms with E-state index in [9.17, 15) is 8.42 Å². The minimum Gasteiger partial charge on any atom is -0.324 e. The summed E-state index contributed by atoms with van der Waals surface area (Å²) >= 11 is 0. The Hall–Kier alpha value is -3.56. The van der Waals surface area contributed by atoms with Gasteiger partial charge in [-0.05, 0) is 61.8 Å². The van der Waals surface area contributed by atoms with Crippen molar-refractivity contribution in [3.8, 4) is 0 Å². The topological polar surface area (TPSA) is 113 Å². The predicted octanol–water partition coefficient (Wildman–Crippen LogP) is 3.79. The van der Waals surface area contributed by atoms with Gasteiger partial charge in [-0.2, -0.15) is 5.10 Å². The Morgan fingerprint density at radius 3 is 2.45 bits per heavy atom. The first kappa shape index (κ1) is 21.3. The third-order valence-corrected chi connectivity index (χ3v) is 8.09. The normalized spacial score (nSPS) is 15.3. The minimum absolute atomic E-state index is 0.318. The van der Waals surface area contributed by atoms with Crippen LogP contribution in [0.2, 0.25) is 0 Å². The molecule has 33 heavy (non-hydrogen) atoms. The molecule has 0 saturated carbocycles. The Balaban J connectivity index is 1.25. The number of aromatic nitrogens is 4. The molecule has 2 aromatic heterocycles. The smallest absolute Gasteiger partial charge is 0.227 e. The molecule has 0 spiro atoms. The summed E-state index contributed by atoms with van der Waals surface area (Å²) in [6.45, 7) is 1.48. The molecule has 2 aromatic carbocycles. The molecular weight excluding hydrogens is 436 g/mol. The predicted molar refractivity (Wildman–Crippen MR) is 130 cm³/mol. The molecule has 0 bridgehead atoms. The lowest BCUT2D eigenvalue weighted by molar-refractivity contribution is 0.496. The van der Waals surface area contributed by atoms with Crippen LogP contribution in [0.5, 0.6) is 0 Å². The third kappa shape index (κ3) is 4.64. The first-order chi connectivity index (χ1) is 16.1. The van der Waals surface area contributed by atoms with E-state index in [0.29, 0.717) is 23.7 Å². The fourth-order valence-electron chi connectivity index (χ4n) is 3.97. The van der Waals surface area contributed by atoms with Crippen LogP contribution in [0.3, 0.4) is 0 Å². The van der Waals surface area contributed by atoms with Crippen molar-refractivity contribution in [1.82, 2.24) is 25.5 Å². The summed E-state index contributed by atoms with van der Waals surface area (Å²) in [6.07, 6.45) is 10.5. The van der Waals surface area contributed by atoms with Gasteiger partial charge in [-0.25, -0.2) is 18.4 Å². The highest BCUT2D eigenvalue weighted by Crippen LogP contribution is 2.24. The van der Waals surface area contributed by atoms with Gasteiger partial charge in [0.25, 0.3) is 0 Å². The van der Waals surface area contributed by atoms with E-state index in [1.165, 1.54) is 0 Å². The lowest BCUT2D eigenvalue weighted by Crippen LogP contribution is -2.35. The average Bonchev–Trinajstić information content (AvgIpc) is 3.34. The Morgan fingerprint density at radius 2 is 1.70 bits per heavy atom. The van der Waals surface area contributed by atoms with Gasteiger partial charge in [-0.3, -0.25) is 5.10 Å².